The molecule has 0 saturated carbocycles. The molecule has 0 aromatic carbocycles. The number of carbonyl (C=O) groups is 1. The van der Waals surface area contributed by atoms with Crippen LogP contribution in [0.15, 0.2) is 0 Å². The van der Waals surface area contributed by atoms with Gasteiger partial charge in [0.1, 0.15) is 0 Å². The van der Waals surface area contributed by atoms with Gasteiger partial charge in [0.2, 0.25) is 5.91 Å². The number of hydrogen-bond donors (Lipinski definition) is 1. The van der Waals surface area contributed by atoms with Gasteiger partial charge in [0.25, 0.3) is 0 Å². The van der Waals surface area contributed by atoms with Crippen molar-refractivity contribution in [3.63, 3.8) is 0 Å². The van der Waals surface area contributed by atoms with Crippen molar-refractivity contribution in [2.45, 2.75) is 45.6 Å². The fourth-order valence-electron chi connectivity index (χ4n) is 3.22. The quantitative estimate of drug-likeness (QED) is 0.841. The molecule has 2 saturated heterocycles. The first kappa shape index (κ1) is 14.8. The van der Waals surface area contributed by atoms with Gasteiger partial charge in [-0.25, -0.2) is 0 Å². The SMILES string of the molecule is CCN1CCC(NC(=O)C2CCN(CC)CC2)CC1.[HH]. The molecule has 2 rings (SSSR count). The third-order valence-corrected chi connectivity index (χ3v) is 4.79. The summed E-state index contributed by atoms with van der Waals surface area (Å²) in [5, 5.41) is 3.28. The molecule has 4 nitrogen and oxygen atoms in total. The summed E-state index contributed by atoms with van der Waals surface area (Å²) in [5.74, 6) is 0.567. The molecule has 19 heavy (non-hydrogen) atoms. The monoisotopic (exact) mass is 269 g/mol. The fourth-order valence-corrected chi connectivity index (χ4v) is 3.22. The van der Waals surface area contributed by atoms with Crippen molar-refractivity contribution in [1.82, 2.24) is 15.1 Å². The highest BCUT2D eigenvalue weighted by molar-refractivity contribution is 5.79. The fraction of sp³-hybridized carbons (Fsp3) is 0.933. The lowest BCUT2D eigenvalue weighted by Gasteiger charge is -2.34. The van der Waals surface area contributed by atoms with Crippen molar-refractivity contribution in [2.75, 3.05) is 39.3 Å². The average molecular weight is 269 g/mol. The van der Waals surface area contributed by atoms with Gasteiger partial charge in [-0.3, -0.25) is 4.79 Å². The Hall–Kier alpha value is -0.610. The van der Waals surface area contributed by atoms with Gasteiger partial charge in [0.15, 0.2) is 0 Å². The van der Waals surface area contributed by atoms with Crippen LogP contribution in [0.4, 0.5) is 0 Å². The normalized spacial score (nSPS) is 24.5. The predicted octanol–water partition coefficient (Wildman–Crippen LogP) is 1.56. The smallest absolute Gasteiger partial charge is 0.223 e. The first-order valence-corrected chi connectivity index (χ1v) is 7.98. The largest absolute Gasteiger partial charge is 0.353 e. The Balaban J connectivity index is 0.00000200. The van der Waals surface area contributed by atoms with Crippen molar-refractivity contribution in [2.24, 2.45) is 5.92 Å². The van der Waals surface area contributed by atoms with Gasteiger partial charge in [0.05, 0.1) is 0 Å². The second-order valence-electron chi connectivity index (χ2n) is 5.93. The molecule has 0 radical (unpaired) electrons. The first-order chi connectivity index (χ1) is 9.22. The predicted molar refractivity (Wildman–Crippen MR) is 80.2 cm³/mol. The van der Waals surface area contributed by atoms with Crippen LogP contribution in [0.2, 0.25) is 0 Å². The Morgan fingerprint density at radius 2 is 1.47 bits per heavy atom. The summed E-state index contributed by atoms with van der Waals surface area (Å²) in [5.41, 5.74) is 0. The van der Waals surface area contributed by atoms with E-state index in [0.29, 0.717) is 11.9 Å². The molecule has 2 fully saturated rings. The maximum Gasteiger partial charge on any atom is 0.223 e. The number of likely N-dealkylation sites (tertiary alicyclic amines) is 2. The van der Waals surface area contributed by atoms with E-state index < -0.39 is 0 Å². The molecule has 0 bridgehead atoms. The molecule has 2 heterocycles. The Bertz CT molecular complexity index is 285. The highest BCUT2D eigenvalue weighted by Crippen LogP contribution is 2.18. The number of amides is 1. The van der Waals surface area contributed by atoms with Crippen molar-refractivity contribution in [1.29, 1.82) is 0 Å². The summed E-state index contributed by atoms with van der Waals surface area (Å²) in [6.45, 7) is 11.1. The average Bonchev–Trinajstić information content (AvgIpc) is 2.48. The van der Waals surface area contributed by atoms with E-state index in [0.717, 1.165) is 65.0 Å². The standard InChI is InChI=1S/C15H29N3O.H2/c1-3-17-9-5-13(6-10-17)15(19)16-14-7-11-18(4-2)12-8-14;/h13-14H,3-12H2,1-2H3,(H,16,19);1H. The molecule has 2 aliphatic heterocycles. The third kappa shape index (κ3) is 4.18. The van der Waals surface area contributed by atoms with Crippen LogP contribution in [0.1, 0.15) is 41.0 Å². The van der Waals surface area contributed by atoms with Crippen LogP contribution in [-0.2, 0) is 4.79 Å². The summed E-state index contributed by atoms with van der Waals surface area (Å²) >= 11 is 0. The maximum atomic E-state index is 12.3. The molecule has 0 atom stereocenters. The first-order valence-electron chi connectivity index (χ1n) is 7.98. The zero-order valence-electron chi connectivity index (χ0n) is 12.5. The van der Waals surface area contributed by atoms with E-state index in [1.54, 1.807) is 0 Å². The van der Waals surface area contributed by atoms with Crippen molar-refractivity contribution < 1.29 is 6.22 Å². The minimum atomic E-state index is 0. The molecule has 0 unspecified atom stereocenters. The lowest BCUT2D eigenvalue weighted by molar-refractivity contribution is -0.127. The third-order valence-electron chi connectivity index (χ3n) is 4.79. The molecule has 0 aliphatic carbocycles. The molecule has 1 N–H and O–H groups in total. The van der Waals surface area contributed by atoms with Gasteiger partial charge < -0.3 is 15.1 Å². The van der Waals surface area contributed by atoms with Crippen LogP contribution in [0, 0.1) is 5.92 Å². The van der Waals surface area contributed by atoms with E-state index in [2.05, 4.69) is 29.0 Å². The van der Waals surface area contributed by atoms with Crippen molar-refractivity contribution in [3.8, 4) is 0 Å². The highest BCUT2D eigenvalue weighted by Gasteiger charge is 2.27. The van der Waals surface area contributed by atoms with Gasteiger partial charge in [-0.15, -0.1) is 0 Å². The van der Waals surface area contributed by atoms with Crippen LogP contribution in [0.5, 0.6) is 0 Å². The molecule has 2 aliphatic rings. The topological polar surface area (TPSA) is 35.6 Å². The van der Waals surface area contributed by atoms with E-state index in [1.807, 2.05) is 0 Å². The molecule has 0 aromatic rings. The Kier molecular flexibility index (Phi) is 5.64. The zero-order chi connectivity index (χ0) is 13.7. The number of rotatable bonds is 4. The zero-order valence-corrected chi connectivity index (χ0v) is 12.5. The number of piperidine rings is 2. The number of carbonyl (C=O) groups excluding carboxylic acids is 1. The lowest BCUT2D eigenvalue weighted by Crippen LogP contribution is -2.48. The van der Waals surface area contributed by atoms with Gasteiger partial charge >= 0.3 is 0 Å². The molecule has 0 aromatic heterocycles. The summed E-state index contributed by atoms with van der Waals surface area (Å²) in [4.78, 5) is 17.2. The van der Waals surface area contributed by atoms with Crippen LogP contribution >= 0.6 is 0 Å². The maximum absolute atomic E-state index is 12.3. The van der Waals surface area contributed by atoms with Gasteiger partial charge in [-0.1, -0.05) is 13.8 Å². The molecule has 1 amide bonds. The van der Waals surface area contributed by atoms with E-state index >= 15 is 0 Å². The van der Waals surface area contributed by atoms with Gasteiger partial charge in [-0.05, 0) is 51.9 Å². The van der Waals surface area contributed by atoms with E-state index in [-0.39, 0.29) is 7.34 Å². The molecular weight excluding hydrogens is 238 g/mol. The number of nitrogens with zero attached hydrogens (tertiary/aromatic N) is 2. The minimum Gasteiger partial charge on any atom is -0.353 e. The molecule has 0 spiro atoms. The molecule has 112 valence electrons. The van der Waals surface area contributed by atoms with Crippen LogP contribution in [0.25, 0.3) is 0 Å². The Morgan fingerprint density at radius 3 is 1.95 bits per heavy atom. The summed E-state index contributed by atoms with van der Waals surface area (Å²) in [7, 11) is 0. The summed E-state index contributed by atoms with van der Waals surface area (Å²) < 4.78 is 0. The highest BCUT2D eigenvalue weighted by atomic mass is 16.1. The van der Waals surface area contributed by atoms with E-state index in [1.165, 1.54) is 0 Å². The lowest BCUT2D eigenvalue weighted by atomic mass is 9.94. The second-order valence-corrected chi connectivity index (χ2v) is 5.93. The Labute approximate surface area is 119 Å². The van der Waals surface area contributed by atoms with Crippen molar-refractivity contribution >= 4 is 5.91 Å². The summed E-state index contributed by atoms with van der Waals surface area (Å²) in [6, 6.07) is 0.416. The number of nitrogens with one attached hydrogen (secondary N) is 1. The van der Waals surface area contributed by atoms with Crippen molar-refractivity contribution in [3.05, 3.63) is 0 Å². The number of hydrogen-bond acceptors (Lipinski definition) is 3. The summed E-state index contributed by atoms with van der Waals surface area (Å²) in [6.07, 6.45) is 4.31. The molecule has 4 heteroatoms. The van der Waals surface area contributed by atoms with Gasteiger partial charge in [-0.2, -0.15) is 0 Å². The van der Waals surface area contributed by atoms with Crippen LogP contribution in [0.3, 0.4) is 0 Å². The van der Waals surface area contributed by atoms with Gasteiger partial charge in [0, 0.05) is 26.5 Å². The molecular formula is C15H31N3O. The van der Waals surface area contributed by atoms with Crippen LogP contribution in [-0.4, -0.2) is 61.0 Å². The minimum absolute atomic E-state index is 0. The van der Waals surface area contributed by atoms with E-state index in [4.69, 9.17) is 0 Å². The van der Waals surface area contributed by atoms with Crippen LogP contribution < -0.4 is 5.32 Å². The van der Waals surface area contributed by atoms with E-state index in [9.17, 15) is 4.79 Å². The second kappa shape index (κ2) is 7.25. The Morgan fingerprint density at radius 1 is 1.00 bits per heavy atom.